The maximum Gasteiger partial charge on any atom is 0.326 e. The lowest BCUT2D eigenvalue weighted by Gasteiger charge is -2.23. The molecule has 0 heterocycles. The summed E-state index contributed by atoms with van der Waals surface area (Å²) in [4.78, 5) is 25.0. The Morgan fingerprint density at radius 2 is 2.05 bits per heavy atom. The average Bonchev–Trinajstić information content (AvgIpc) is 2.37. The number of carboxylic acids is 1. The van der Waals surface area contributed by atoms with Gasteiger partial charge in [0.2, 0.25) is 5.91 Å². The van der Waals surface area contributed by atoms with Crippen LogP contribution >= 0.6 is 23.4 Å². The second-order valence-corrected chi connectivity index (χ2v) is 5.41. The number of amides is 1. The molecule has 0 saturated carbocycles. The molecule has 1 unspecified atom stereocenters. The lowest BCUT2D eigenvalue weighted by Crippen LogP contribution is -2.42. The Bertz CT molecular complexity index is 467. The molecule has 0 aromatic heterocycles. The number of carboxylic acid groups (broad SMARTS) is 1. The van der Waals surface area contributed by atoms with E-state index >= 15 is 0 Å². The predicted molar refractivity (Wildman–Crippen MR) is 76.7 cm³/mol. The number of carbonyl (C=O) groups is 2. The minimum absolute atomic E-state index is 0.171. The first kappa shape index (κ1) is 15.9. The fourth-order valence-corrected chi connectivity index (χ4v) is 2.75. The van der Waals surface area contributed by atoms with Crippen LogP contribution in [0.5, 0.6) is 0 Å². The van der Waals surface area contributed by atoms with Crippen molar-refractivity contribution in [3.05, 3.63) is 29.3 Å². The van der Waals surface area contributed by atoms with E-state index in [1.165, 1.54) is 23.7 Å². The van der Waals surface area contributed by atoms with Crippen molar-refractivity contribution in [2.24, 2.45) is 0 Å². The number of halogens is 1. The van der Waals surface area contributed by atoms with Crippen LogP contribution < -0.4 is 0 Å². The van der Waals surface area contributed by atoms with Crippen molar-refractivity contribution in [2.75, 3.05) is 12.8 Å². The summed E-state index contributed by atoms with van der Waals surface area (Å²) in [6, 6.07) is 6.46. The maximum atomic E-state index is 11.9. The lowest BCUT2D eigenvalue weighted by molar-refractivity contribution is -0.148. The lowest BCUT2D eigenvalue weighted by atomic mass is 10.2. The SMILES string of the molecule is CCC(C(=O)O)N(C)C(=O)CSc1ccccc1Cl. The fourth-order valence-electron chi connectivity index (χ4n) is 1.59. The van der Waals surface area contributed by atoms with Gasteiger partial charge in [-0.25, -0.2) is 4.79 Å². The van der Waals surface area contributed by atoms with Gasteiger partial charge in [-0.05, 0) is 18.6 Å². The molecule has 0 bridgehead atoms. The number of nitrogens with zero attached hydrogens (tertiary/aromatic N) is 1. The van der Waals surface area contributed by atoms with Gasteiger partial charge in [0, 0.05) is 11.9 Å². The van der Waals surface area contributed by atoms with Crippen molar-refractivity contribution in [1.29, 1.82) is 0 Å². The summed E-state index contributed by atoms with van der Waals surface area (Å²) in [7, 11) is 1.51. The third-order valence-corrected chi connectivity index (χ3v) is 4.22. The molecular formula is C13H16ClNO3S. The minimum Gasteiger partial charge on any atom is -0.480 e. The first-order chi connectivity index (χ1) is 8.97. The number of rotatable bonds is 6. The Kier molecular flexibility index (Phi) is 6.18. The van der Waals surface area contributed by atoms with Crippen LogP contribution in [0.1, 0.15) is 13.3 Å². The molecular weight excluding hydrogens is 286 g/mol. The van der Waals surface area contributed by atoms with Gasteiger partial charge in [-0.15, -0.1) is 11.8 Å². The molecule has 1 atom stereocenters. The molecule has 0 aliphatic rings. The molecule has 1 amide bonds. The fraction of sp³-hybridized carbons (Fsp3) is 0.385. The zero-order valence-corrected chi connectivity index (χ0v) is 12.4. The van der Waals surface area contributed by atoms with E-state index in [2.05, 4.69) is 0 Å². The second kappa shape index (κ2) is 7.40. The van der Waals surface area contributed by atoms with Gasteiger partial charge in [-0.1, -0.05) is 30.7 Å². The molecule has 1 aromatic rings. The van der Waals surface area contributed by atoms with E-state index in [0.29, 0.717) is 11.4 Å². The molecule has 6 heteroatoms. The van der Waals surface area contributed by atoms with Crippen molar-refractivity contribution in [3.63, 3.8) is 0 Å². The van der Waals surface area contributed by atoms with Gasteiger partial charge in [0.1, 0.15) is 6.04 Å². The first-order valence-corrected chi connectivity index (χ1v) is 7.19. The normalized spacial score (nSPS) is 11.9. The second-order valence-electron chi connectivity index (χ2n) is 3.99. The van der Waals surface area contributed by atoms with Gasteiger partial charge in [0.15, 0.2) is 0 Å². The van der Waals surface area contributed by atoms with Crippen molar-refractivity contribution in [3.8, 4) is 0 Å². The molecule has 1 aromatic carbocycles. The summed E-state index contributed by atoms with van der Waals surface area (Å²) in [6.07, 6.45) is 0.383. The van der Waals surface area contributed by atoms with Crippen molar-refractivity contribution in [2.45, 2.75) is 24.3 Å². The summed E-state index contributed by atoms with van der Waals surface area (Å²) in [6.45, 7) is 1.74. The Labute approximate surface area is 121 Å². The number of thioether (sulfide) groups is 1. The molecule has 4 nitrogen and oxygen atoms in total. The smallest absolute Gasteiger partial charge is 0.326 e. The van der Waals surface area contributed by atoms with Crippen LogP contribution in [0.3, 0.4) is 0 Å². The number of carbonyl (C=O) groups excluding carboxylic acids is 1. The van der Waals surface area contributed by atoms with E-state index in [1.807, 2.05) is 18.2 Å². The van der Waals surface area contributed by atoms with E-state index in [0.717, 1.165) is 4.90 Å². The van der Waals surface area contributed by atoms with Crippen LogP contribution in [0.2, 0.25) is 5.02 Å². The van der Waals surface area contributed by atoms with Crippen LogP contribution in [0.4, 0.5) is 0 Å². The molecule has 0 spiro atoms. The van der Waals surface area contributed by atoms with Crippen LogP contribution in [0, 0.1) is 0 Å². The topological polar surface area (TPSA) is 57.6 Å². The quantitative estimate of drug-likeness (QED) is 0.821. The zero-order chi connectivity index (χ0) is 14.4. The highest BCUT2D eigenvalue weighted by atomic mass is 35.5. The van der Waals surface area contributed by atoms with E-state index < -0.39 is 12.0 Å². The highest BCUT2D eigenvalue weighted by Crippen LogP contribution is 2.26. The first-order valence-electron chi connectivity index (χ1n) is 5.83. The van der Waals surface area contributed by atoms with E-state index in [-0.39, 0.29) is 11.7 Å². The summed E-state index contributed by atoms with van der Waals surface area (Å²) in [5.74, 6) is -1.04. The van der Waals surface area contributed by atoms with Gasteiger partial charge >= 0.3 is 5.97 Å². The Hall–Kier alpha value is -1.20. The molecule has 0 aliphatic heterocycles. The number of aliphatic carboxylic acids is 1. The molecule has 0 radical (unpaired) electrons. The van der Waals surface area contributed by atoms with Crippen LogP contribution in [-0.2, 0) is 9.59 Å². The monoisotopic (exact) mass is 301 g/mol. The third-order valence-electron chi connectivity index (χ3n) is 2.72. The van der Waals surface area contributed by atoms with Gasteiger partial charge in [-0.3, -0.25) is 4.79 Å². The van der Waals surface area contributed by atoms with Crippen molar-refractivity contribution in [1.82, 2.24) is 4.90 Å². The summed E-state index contributed by atoms with van der Waals surface area (Å²) < 4.78 is 0. The molecule has 19 heavy (non-hydrogen) atoms. The van der Waals surface area contributed by atoms with Gasteiger partial charge in [-0.2, -0.15) is 0 Å². The van der Waals surface area contributed by atoms with Gasteiger partial charge in [0.05, 0.1) is 10.8 Å². The Morgan fingerprint density at radius 3 is 2.58 bits per heavy atom. The maximum absolute atomic E-state index is 11.9. The number of benzene rings is 1. The highest BCUT2D eigenvalue weighted by molar-refractivity contribution is 8.00. The van der Waals surface area contributed by atoms with Crippen molar-refractivity contribution >= 4 is 35.2 Å². The zero-order valence-electron chi connectivity index (χ0n) is 10.8. The Balaban J connectivity index is 2.60. The summed E-state index contributed by atoms with van der Waals surface area (Å²) >= 11 is 7.29. The van der Waals surface area contributed by atoms with Crippen LogP contribution in [0.25, 0.3) is 0 Å². The molecule has 0 saturated heterocycles. The standard InChI is InChI=1S/C13H16ClNO3S/c1-3-10(13(17)18)15(2)12(16)8-19-11-7-5-4-6-9(11)14/h4-7,10H,3,8H2,1-2H3,(H,17,18). The van der Waals surface area contributed by atoms with Gasteiger partial charge < -0.3 is 10.0 Å². The molecule has 0 aliphatic carbocycles. The molecule has 1 N–H and O–H groups in total. The summed E-state index contributed by atoms with van der Waals surface area (Å²) in [5, 5.41) is 9.59. The minimum atomic E-state index is -0.985. The Morgan fingerprint density at radius 1 is 1.42 bits per heavy atom. The number of hydrogen-bond acceptors (Lipinski definition) is 3. The molecule has 0 fully saturated rings. The van der Waals surface area contributed by atoms with Crippen LogP contribution in [0.15, 0.2) is 29.2 Å². The molecule has 1 rings (SSSR count). The van der Waals surface area contributed by atoms with Gasteiger partial charge in [0.25, 0.3) is 0 Å². The average molecular weight is 302 g/mol. The highest BCUT2D eigenvalue weighted by Gasteiger charge is 2.24. The predicted octanol–water partition coefficient (Wildman–Crippen LogP) is 2.75. The van der Waals surface area contributed by atoms with E-state index in [1.54, 1.807) is 13.0 Å². The van der Waals surface area contributed by atoms with E-state index in [4.69, 9.17) is 16.7 Å². The van der Waals surface area contributed by atoms with Crippen molar-refractivity contribution < 1.29 is 14.7 Å². The summed E-state index contributed by atoms with van der Waals surface area (Å²) in [5.41, 5.74) is 0. The number of likely N-dealkylation sites (N-methyl/N-ethyl adjacent to an activating group) is 1. The largest absolute Gasteiger partial charge is 0.480 e. The van der Waals surface area contributed by atoms with Crippen LogP contribution in [-0.4, -0.2) is 40.7 Å². The third kappa shape index (κ3) is 4.44. The number of hydrogen-bond donors (Lipinski definition) is 1. The van der Waals surface area contributed by atoms with E-state index in [9.17, 15) is 9.59 Å². The molecule has 104 valence electrons.